The van der Waals surface area contributed by atoms with E-state index in [0.717, 1.165) is 38.5 Å². The zero-order chi connectivity index (χ0) is 33.0. The maximum Gasteiger partial charge on any atom is 0.313 e. The van der Waals surface area contributed by atoms with Crippen molar-refractivity contribution in [1.82, 2.24) is 4.98 Å². The second-order valence-corrected chi connectivity index (χ2v) is 11.3. The zero-order valence-electron chi connectivity index (χ0n) is 28.2. The fraction of sp³-hybridized carbons (Fsp3) is 0.486. The summed E-state index contributed by atoms with van der Waals surface area (Å²) in [4.78, 5) is 36.0. The molecule has 9 nitrogen and oxygen atoms in total. The third-order valence-corrected chi connectivity index (χ3v) is 8.82. The van der Waals surface area contributed by atoms with Gasteiger partial charge in [-0.2, -0.15) is 0 Å². The zero-order valence-corrected chi connectivity index (χ0v) is 28.2. The van der Waals surface area contributed by atoms with E-state index in [1.807, 2.05) is 6.20 Å². The molecule has 4 N–H and O–H groups in total. The topological polar surface area (TPSA) is 146 Å². The lowest BCUT2D eigenvalue weighted by molar-refractivity contribution is -0.148. The number of nitrogens with one attached hydrogen (secondary N) is 1. The van der Waals surface area contributed by atoms with Gasteiger partial charge >= 0.3 is 11.9 Å². The summed E-state index contributed by atoms with van der Waals surface area (Å²) in [7, 11) is 2.72. The van der Waals surface area contributed by atoms with E-state index >= 15 is 0 Å². The largest absolute Gasteiger partial charge is 0.469 e. The first kappa shape index (κ1) is 38.4. The number of esters is 2. The predicted octanol–water partition coefficient (Wildman–Crippen LogP) is 5.66. The third-order valence-electron chi connectivity index (χ3n) is 8.82. The van der Waals surface area contributed by atoms with Crippen molar-refractivity contribution in [2.24, 2.45) is 0 Å². The number of H-pyrrole nitrogens is 1. The minimum atomic E-state index is -0.481. The number of rotatable bonds is 10. The quantitative estimate of drug-likeness (QED) is 0.215. The predicted molar refractivity (Wildman–Crippen MR) is 181 cm³/mol. The van der Waals surface area contributed by atoms with E-state index in [-0.39, 0.29) is 30.3 Å². The van der Waals surface area contributed by atoms with Gasteiger partial charge in [0.05, 0.1) is 27.2 Å². The molecular formula is C37H51NO8. The number of fused-ring (bicyclic) bond motifs is 3. The van der Waals surface area contributed by atoms with Crippen LogP contribution in [0.3, 0.4) is 0 Å². The van der Waals surface area contributed by atoms with Crippen molar-refractivity contribution in [3.8, 4) is 0 Å². The normalized spacial score (nSPS) is 16.2. The van der Waals surface area contributed by atoms with Gasteiger partial charge in [0.2, 0.25) is 0 Å². The summed E-state index contributed by atoms with van der Waals surface area (Å²) in [6, 6.07) is 12.9. The van der Waals surface area contributed by atoms with Crippen LogP contribution >= 0.6 is 0 Å². The number of aromatic amines is 1. The van der Waals surface area contributed by atoms with Gasteiger partial charge in [0.15, 0.2) is 0 Å². The van der Waals surface area contributed by atoms with Gasteiger partial charge < -0.3 is 29.8 Å². The van der Waals surface area contributed by atoms with Crippen molar-refractivity contribution in [3.05, 3.63) is 76.0 Å². The Morgan fingerprint density at radius 1 is 0.935 bits per heavy atom. The maximum atomic E-state index is 11.9. The van der Waals surface area contributed by atoms with Crippen molar-refractivity contribution in [3.63, 3.8) is 0 Å². The number of carbonyl (C=O) groups excluding carboxylic acids is 3. The molecule has 1 aromatic heterocycles. The number of aromatic nitrogens is 1. The van der Waals surface area contributed by atoms with Gasteiger partial charge in [-0.15, -0.1) is 0 Å². The molecule has 9 heteroatoms. The summed E-state index contributed by atoms with van der Waals surface area (Å²) in [6.07, 6.45) is 8.09. The van der Waals surface area contributed by atoms with Crippen LogP contribution in [0.25, 0.3) is 16.5 Å². The summed E-state index contributed by atoms with van der Waals surface area (Å²) in [6.45, 7) is 9.06. The molecule has 1 atom stereocenters. The Balaban J connectivity index is 0.000000264. The number of ketones is 1. The second-order valence-electron chi connectivity index (χ2n) is 11.3. The van der Waals surface area contributed by atoms with Crippen LogP contribution in [0.1, 0.15) is 87.6 Å². The highest BCUT2D eigenvalue weighted by atomic mass is 16.5. The van der Waals surface area contributed by atoms with Crippen LogP contribution in [-0.4, -0.2) is 66.3 Å². The number of benzene rings is 2. The Morgan fingerprint density at radius 2 is 1.61 bits per heavy atom. The molecule has 1 unspecified atom stereocenters. The molecule has 0 saturated heterocycles. The first-order valence-electron chi connectivity index (χ1n) is 16.0. The molecule has 3 aromatic rings. The van der Waals surface area contributed by atoms with Gasteiger partial charge in [0.25, 0.3) is 0 Å². The lowest BCUT2D eigenvalue weighted by atomic mass is 9.81. The minimum absolute atomic E-state index is 0. The molecule has 0 fully saturated rings. The van der Waals surface area contributed by atoms with Crippen molar-refractivity contribution >= 4 is 34.2 Å². The van der Waals surface area contributed by atoms with E-state index in [0.29, 0.717) is 19.4 Å². The molecule has 0 bridgehead atoms. The Morgan fingerprint density at radius 3 is 2.22 bits per heavy atom. The van der Waals surface area contributed by atoms with Gasteiger partial charge in [-0.05, 0) is 77.5 Å². The molecule has 252 valence electrons. The standard InChI is InChI=1S/C19H24O3.C12H15NO.C6H10O3.H2O/c1-4-13-7-6-8-14-15-9-10-22-19(5-2,12-18(20)21-3)17(15)11-16(13)14;1-2-9-4-3-5-11-10(6-7-14)8-13-12(9)11;1-3-5(7)4-6(8)9-2;/h6-8H,4-5,9-12H2,1-3H3;3-5,8,13-14H,2,6-7H2,1H3;3-4H2,1-2H3;1H2. The Hall–Kier alpha value is -3.79. The number of aryl methyl sites for hydroxylation is 2. The van der Waals surface area contributed by atoms with Gasteiger partial charge in [-0.3, -0.25) is 14.4 Å². The molecule has 2 heterocycles. The SMILES string of the molecule is CCC(=O)CC(=O)OC.CCc1cccc2c(CCO)c[nH]c12.CCc1cccc2c1CC1=C2CCOC1(CC)CC(=O)OC.O. The lowest BCUT2D eigenvalue weighted by Gasteiger charge is -2.38. The third kappa shape index (κ3) is 8.93. The fourth-order valence-electron chi connectivity index (χ4n) is 6.22. The Labute approximate surface area is 272 Å². The molecule has 2 aliphatic rings. The van der Waals surface area contributed by atoms with Gasteiger partial charge in [0.1, 0.15) is 17.8 Å². The summed E-state index contributed by atoms with van der Waals surface area (Å²) in [5, 5.41) is 10.2. The summed E-state index contributed by atoms with van der Waals surface area (Å²) in [5.74, 6) is -0.731. The molecule has 0 amide bonds. The number of Topliss-reactive ketones (excluding diaryl/α,β-unsaturated/α-hetero) is 1. The van der Waals surface area contributed by atoms with Crippen molar-refractivity contribution < 1.29 is 39.2 Å². The van der Waals surface area contributed by atoms with Crippen molar-refractivity contribution in [1.29, 1.82) is 0 Å². The number of ether oxygens (including phenoxy) is 3. The first-order chi connectivity index (χ1) is 21.7. The monoisotopic (exact) mass is 637 g/mol. The van der Waals surface area contributed by atoms with Crippen LogP contribution in [0.15, 0.2) is 48.2 Å². The number of para-hydroxylation sites is 1. The summed E-state index contributed by atoms with van der Waals surface area (Å²) < 4.78 is 15.3. The second kappa shape index (κ2) is 18.4. The molecule has 1 aliphatic heterocycles. The van der Waals surface area contributed by atoms with Gasteiger partial charge in [0, 0.05) is 30.1 Å². The van der Waals surface area contributed by atoms with Gasteiger partial charge in [-0.25, -0.2) is 0 Å². The van der Waals surface area contributed by atoms with Crippen molar-refractivity contribution in [2.45, 2.75) is 91.1 Å². The van der Waals surface area contributed by atoms with Gasteiger partial charge in [-0.1, -0.05) is 64.1 Å². The molecule has 0 spiro atoms. The lowest BCUT2D eigenvalue weighted by Crippen LogP contribution is -2.40. The Kier molecular flexibility index (Phi) is 15.3. The molecule has 5 rings (SSSR count). The smallest absolute Gasteiger partial charge is 0.313 e. The van der Waals surface area contributed by atoms with Crippen LogP contribution in [-0.2, 0) is 54.3 Å². The number of hydrogen-bond donors (Lipinski definition) is 2. The molecule has 0 saturated carbocycles. The number of carbonyl (C=O) groups is 3. The Bertz CT molecular complexity index is 1490. The van der Waals surface area contributed by atoms with Crippen LogP contribution < -0.4 is 0 Å². The molecule has 46 heavy (non-hydrogen) atoms. The van der Waals surface area contributed by atoms with E-state index in [2.05, 4.69) is 66.9 Å². The molecule has 0 radical (unpaired) electrons. The highest BCUT2D eigenvalue weighted by Gasteiger charge is 2.43. The number of aliphatic hydroxyl groups excluding tert-OH is 1. The molecule has 1 aliphatic carbocycles. The van der Waals surface area contributed by atoms with Crippen LogP contribution in [0, 0.1) is 0 Å². The van der Waals surface area contributed by atoms with E-state index in [1.165, 1.54) is 64.1 Å². The number of hydrogen-bond acceptors (Lipinski definition) is 7. The average Bonchev–Trinajstić information content (AvgIpc) is 3.67. The van der Waals surface area contributed by atoms with E-state index < -0.39 is 11.6 Å². The van der Waals surface area contributed by atoms with Crippen molar-refractivity contribution in [2.75, 3.05) is 27.4 Å². The molecule has 2 aromatic carbocycles. The first-order valence-corrected chi connectivity index (χ1v) is 16.0. The van der Waals surface area contributed by atoms with Crippen LogP contribution in [0.4, 0.5) is 0 Å². The van der Waals surface area contributed by atoms with E-state index in [4.69, 9.17) is 14.6 Å². The van der Waals surface area contributed by atoms with E-state index in [9.17, 15) is 14.4 Å². The number of aliphatic hydroxyl groups is 1. The maximum absolute atomic E-state index is 11.9. The molecular weight excluding hydrogens is 586 g/mol. The summed E-state index contributed by atoms with van der Waals surface area (Å²) >= 11 is 0. The minimum Gasteiger partial charge on any atom is -0.469 e. The highest BCUT2D eigenvalue weighted by molar-refractivity contribution is 5.95. The number of methoxy groups -OCH3 is 2. The van der Waals surface area contributed by atoms with Crippen LogP contribution in [0.5, 0.6) is 0 Å². The highest BCUT2D eigenvalue weighted by Crippen LogP contribution is 2.48. The fourth-order valence-corrected chi connectivity index (χ4v) is 6.22. The van der Waals surface area contributed by atoms with Crippen LogP contribution in [0.2, 0.25) is 0 Å². The average molecular weight is 638 g/mol. The van der Waals surface area contributed by atoms with E-state index in [1.54, 1.807) is 6.92 Å². The summed E-state index contributed by atoms with van der Waals surface area (Å²) in [5.41, 5.74) is 10.2.